The molecule has 0 unspecified atom stereocenters. The standard InChI is InChI=1S/C15H14FNO3/c16-10-3-1-2-4-11(10)17-14(18)12-8-5-6-9(7-8)13(12)15(19)20/h1-6,8-9,12-13H,7H2,(H,17,18)(H,19,20)/p-1/t8-,9+,12-,13+/m0/s1. The minimum Gasteiger partial charge on any atom is -0.550 e. The Morgan fingerprint density at radius 2 is 1.80 bits per heavy atom. The largest absolute Gasteiger partial charge is 0.550 e. The van der Waals surface area contributed by atoms with Crippen LogP contribution in [0.15, 0.2) is 36.4 Å². The highest BCUT2D eigenvalue weighted by molar-refractivity contribution is 5.96. The number of carboxylic acid groups (broad SMARTS) is 1. The number of aliphatic carboxylic acids is 1. The molecule has 0 aliphatic heterocycles. The van der Waals surface area contributed by atoms with Crippen LogP contribution in [-0.4, -0.2) is 11.9 Å². The zero-order valence-corrected chi connectivity index (χ0v) is 10.6. The van der Waals surface area contributed by atoms with Crippen molar-refractivity contribution in [2.75, 3.05) is 5.32 Å². The third-order valence-corrected chi connectivity index (χ3v) is 4.17. The molecule has 0 heterocycles. The van der Waals surface area contributed by atoms with Crippen LogP contribution in [0, 0.1) is 29.5 Å². The molecule has 20 heavy (non-hydrogen) atoms. The molecule has 1 aromatic carbocycles. The molecule has 0 spiro atoms. The summed E-state index contributed by atoms with van der Waals surface area (Å²) in [5, 5.41) is 13.7. The predicted molar refractivity (Wildman–Crippen MR) is 67.8 cm³/mol. The number of nitrogens with one attached hydrogen (secondary N) is 1. The van der Waals surface area contributed by atoms with E-state index in [0.29, 0.717) is 6.42 Å². The first kappa shape index (κ1) is 12.8. The van der Waals surface area contributed by atoms with Crippen molar-refractivity contribution in [1.29, 1.82) is 0 Å². The quantitative estimate of drug-likeness (QED) is 0.834. The van der Waals surface area contributed by atoms with E-state index < -0.39 is 29.5 Å². The van der Waals surface area contributed by atoms with Crippen molar-refractivity contribution in [2.24, 2.45) is 23.7 Å². The van der Waals surface area contributed by atoms with Gasteiger partial charge in [-0.2, -0.15) is 0 Å². The molecule has 1 amide bonds. The number of benzene rings is 1. The van der Waals surface area contributed by atoms with E-state index in [9.17, 15) is 19.1 Å². The Hall–Kier alpha value is -2.17. The number of allylic oxidation sites excluding steroid dienone is 2. The van der Waals surface area contributed by atoms with Crippen LogP contribution in [0.2, 0.25) is 0 Å². The Bertz CT molecular complexity index is 599. The number of hydrogen-bond donors (Lipinski definition) is 1. The number of carboxylic acids is 1. The predicted octanol–water partition coefficient (Wildman–Crippen LogP) is 0.952. The highest BCUT2D eigenvalue weighted by Gasteiger charge is 2.48. The molecule has 104 valence electrons. The molecule has 1 fully saturated rings. The van der Waals surface area contributed by atoms with E-state index in [1.54, 1.807) is 6.07 Å². The Labute approximate surface area is 115 Å². The van der Waals surface area contributed by atoms with E-state index in [2.05, 4.69) is 5.32 Å². The van der Waals surface area contributed by atoms with E-state index in [0.717, 1.165) is 0 Å². The first-order valence-electron chi connectivity index (χ1n) is 6.52. The van der Waals surface area contributed by atoms with Gasteiger partial charge in [0.1, 0.15) is 5.82 Å². The summed E-state index contributed by atoms with van der Waals surface area (Å²) in [6.45, 7) is 0. The topological polar surface area (TPSA) is 69.2 Å². The normalized spacial score (nSPS) is 30.4. The van der Waals surface area contributed by atoms with Crippen LogP contribution >= 0.6 is 0 Å². The lowest BCUT2D eigenvalue weighted by Gasteiger charge is -2.27. The van der Waals surface area contributed by atoms with Crippen LogP contribution in [-0.2, 0) is 9.59 Å². The second-order valence-electron chi connectivity index (χ2n) is 5.29. The molecule has 0 aromatic heterocycles. The molecule has 3 rings (SSSR count). The van der Waals surface area contributed by atoms with Crippen molar-refractivity contribution in [3.05, 3.63) is 42.2 Å². The minimum atomic E-state index is -1.21. The fourth-order valence-electron chi connectivity index (χ4n) is 3.28. The van der Waals surface area contributed by atoms with E-state index in [1.165, 1.54) is 18.2 Å². The average molecular weight is 274 g/mol. The lowest BCUT2D eigenvalue weighted by atomic mass is 9.82. The van der Waals surface area contributed by atoms with Crippen LogP contribution in [0.1, 0.15) is 6.42 Å². The Morgan fingerprint density at radius 1 is 1.15 bits per heavy atom. The van der Waals surface area contributed by atoms with Gasteiger partial charge in [0.05, 0.1) is 11.6 Å². The SMILES string of the molecule is O=C(Nc1ccccc1F)[C@@H]1[C@H](C(=O)[O-])[C@@H]2C=C[C@H]1C2. The Morgan fingerprint density at radius 3 is 2.45 bits per heavy atom. The van der Waals surface area contributed by atoms with Crippen molar-refractivity contribution in [2.45, 2.75) is 6.42 Å². The highest BCUT2D eigenvalue weighted by atomic mass is 19.1. The summed E-state index contributed by atoms with van der Waals surface area (Å²) in [7, 11) is 0. The van der Waals surface area contributed by atoms with Gasteiger partial charge in [-0.05, 0) is 30.4 Å². The lowest BCUT2D eigenvalue weighted by molar-refractivity contribution is -0.313. The molecule has 5 heteroatoms. The number of anilines is 1. The van der Waals surface area contributed by atoms with E-state index in [1.807, 2.05) is 12.2 Å². The Balaban J connectivity index is 1.82. The number of fused-ring (bicyclic) bond motifs is 2. The van der Waals surface area contributed by atoms with Crippen LogP contribution in [0.5, 0.6) is 0 Å². The van der Waals surface area contributed by atoms with Crippen molar-refractivity contribution in [1.82, 2.24) is 0 Å². The van der Waals surface area contributed by atoms with Gasteiger partial charge in [0.25, 0.3) is 0 Å². The molecule has 4 atom stereocenters. The number of amides is 1. The van der Waals surface area contributed by atoms with Crippen molar-refractivity contribution >= 4 is 17.6 Å². The third-order valence-electron chi connectivity index (χ3n) is 4.17. The fourth-order valence-corrected chi connectivity index (χ4v) is 3.28. The second-order valence-corrected chi connectivity index (χ2v) is 5.29. The van der Waals surface area contributed by atoms with Gasteiger partial charge in [0.15, 0.2) is 0 Å². The smallest absolute Gasteiger partial charge is 0.228 e. The lowest BCUT2D eigenvalue weighted by Crippen LogP contribution is -2.42. The summed E-state index contributed by atoms with van der Waals surface area (Å²) < 4.78 is 13.5. The summed E-state index contributed by atoms with van der Waals surface area (Å²) in [6.07, 6.45) is 4.35. The molecule has 1 saturated carbocycles. The summed E-state index contributed by atoms with van der Waals surface area (Å²) in [6, 6.07) is 5.82. The van der Waals surface area contributed by atoms with Crippen LogP contribution in [0.3, 0.4) is 0 Å². The number of halogens is 1. The van der Waals surface area contributed by atoms with Crippen molar-refractivity contribution in [3.63, 3.8) is 0 Å². The monoisotopic (exact) mass is 274 g/mol. The summed E-state index contributed by atoms with van der Waals surface area (Å²) >= 11 is 0. The number of hydrogen-bond acceptors (Lipinski definition) is 3. The van der Waals surface area contributed by atoms with Crippen molar-refractivity contribution < 1.29 is 19.1 Å². The maximum absolute atomic E-state index is 13.5. The number of rotatable bonds is 3. The van der Waals surface area contributed by atoms with Gasteiger partial charge in [-0.25, -0.2) is 4.39 Å². The third kappa shape index (κ3) is 1.99. The zero-order valence-electron chi connectivity index (χ0n) is 10.6. The van der Waals surface area contributed by atoms with Gasteiger partial charge >= 0.3 is 0 Å². The van der Waals surface area contributed by atoms with Gasteiger partial charge in [0, 0.05) is 11.9 Å². The number of carbonyl (C=O) groups excluding carboxylic acids is 2. The van der Waals surface area contributed by atoms with Gasteiger partial charge in [-0.15, -0.1) is 0 Å². The zero-order chi connectivity index (χ0) is 14.3. The molecule has 0 saturated heterocycles. The fraction of sp³-hybridized carbons (Fsp3) is 0.333. The van der Waals surface area contributed by atoms with Crippen LogP contribution < -0.4 is 10.4 Å². The van der Waals surface area contributed by atoms with Gasteiger partial charge in [-0.1, -0.05) is 24.3 Å². The molecular weight excluding hydrogens is 261 g/mol. The van der Waals surface area contributed by atoms with Crippen molar-refractivity contribution in [3.8, 4) is 0 Å². The minimum absolute atomic E-state index is 0.0707. The van der Waals surface area contributed by atoms with E-state index in [4.69, 9.17) is 0 Å². The number of para-hydroxylation sites is 1. The molecular formula is C15H13FNO3-. The highest BCUT2D eigenvalue weighted by Crippen LogP contribution is 2.48. The van der Waals surface area contributed by atoms with Gasteiger partial charge < -0.3 is 15.2 Å². The molecule has 1 N–H and O–H groups in total. The van der Waals surface area contributed by atoms with E-state index >= 15 is 0 Å². The Kier molecular flexibility index (Phi) is 3.04. The van der Waals surface area contributed by atoms with Gasteiger partial charge in [0.2, 0.25) is 5.91 Å². The maximum Gasteiger partial charge on any atom is 0.228 e. The molecule has 2 aliphatic carbocycles. The molecule has 0 radical (unpaired) electrons. The molecule has 2 bridgehead atoms. The molecule has 2 aliphatic rings. The first-order chi connectivity index (χ1) is 9.58. The van der Waals surface area contributed by atoms with Crippen LogP contribution in [0.4, 0.5) is 10.1 Å². The van der Waals surface area contributed by atoms with Crippen LogP contribution in [0.25, 0.3) is 0 Å². The molecule has 1 aromatic rings. The summed E-state index contributed by atoms with van der Waals surface area (Å²) in [4.78, 5) is 23.5. The average Bonchev–Trinajstić information content (AvgIpc) is 3.01. The van der Waals surface area contributed by atoms with Gasteiger partial charge in [-0.3, -0.25) is 4.79 Å². The summed E-state index contributed by atoms with van der Waals surface area (Å²) in [5.41, 5.74) is 0.0707. The number of carbonyl (C=O) groups is 2. The van der Waals surface area contributed by atoms with E-state index in [-0.39, 0.29) is 17.5 Å². The second kappa shape index (κ2) is 4.74. The summed E-state index contributed by atoms with van der Waals surface area (Å²) in [5.74, 6) is -3.97. The maximum atomic E-state index is 13.5. The molecule has 4 nitrogen and oxygen atoms in total. The first-order valence-corrected chi connectivity index (χ1v) is 6.52.